The van der Waals surface area contributed by atoms with Crippen molar-refractivity contribution in [1.82, 2.24) is 0 Å². The van der Waals surface area contributed by atoms with Gasteiger partial charge in [0.05, 0.1) is 0 Å². The van der Waals surface area contributed by atoms with E-state index in [4.69, 9.17) is 4.74 Å². The van der Waals surface area contributed by atoms with Gasteiger partial charge in [-0.15, -0.1) is 0 Å². The van der Waals surface area contributed by atoms with Gasteiger partial charge in [0.15, 0.2) is 0 Å². The fourth-order valence-corrected chi connectivity index (χ4v) is 5.52. The van der Waals surface area contributed by atoms with Gasteiger partial charge in [-0.05, 0) is 87.7 Å². The number of carbonyl (C=O) groups excluding carboxylic acids is 1. The van der Waals surface area contributed by atoms with Crippen molar-refractivity contribution in [2.45, 2.75) is 97.2 Å². The van der Waals surface area contributed by atoms with Crippen LogP contribution in [0.15, 0.2) is 47.1 Å². The van der Waals surface area contributed by atoms with Crippen LogP contribution in [0, 0.1) is 23.2 Å². The summed E-state index contributed by atoms with van der Waals surface area (Å²) >= 11 is 0. The molecular formula is C28H38O3. The van der Waals surface area contributed by atoms with Crippen molar-refractivity contribution in [3.63, 3.8) is 0 Å². The fourth-order valence-electron chi connectivity index (χ4n) is 5.52. The van der Waals surface area contributed by atoms with Gasteiger partial charge in [0.2, 0.25) is 0 Å². The number of esters is 1. The second kappa shape index (κ2) is 9.61. The number of allylic oxidation sites excluding steroid dienone is 5. The molecule has 0 spiro atoms. The topological polar surface area (TPSA) is 46.5 Å². The molecule has 0 aromatic rings. The summed E-state index contributed by atoms with van der Waals surface area (Å²) in [6.45, 7) is 11.6. The summed E-state index contributed by atoms with van der Waals surface area (Å²) in [5.41, 5.74) is 4.58. The Morgan fingerprint density at radius 1 is 1.35 bits per heavy atom. The Morgan fingerprint density at radius 3 is 2.84 bits per heavy atom. The molecule has 0 bridgehead atoms. The van der Waals surface area contributed by atoms with E-state index in [0.29, 0.717) is 5.92 Å². The second-order valence-electron chi connectivity index (χ2n) is 10.1. The highest BCUT2D eigenvalue weighted by atomic mass is 16.5. The van der Waals surface area contributed by atoms with Crippen molar-refractivity contribution in [3.05, 3.63) is 47.1 Å². The molecule has 0 aromatic heterocycles. The Morgan fingerprint density at radius 2 is 2.13 bits per heavy atom. The van der Waals surface area contributed by atoms with Crippen LogP contribution in [0.2, 0.25) is 0 Å². The van der Waals surface area contributed by atoms with Crippen LogP contribution in [0.3, 0.4) is 0 Å². The molecule has 31 heavy (non-hydrogen) atoms. The Bertz CT molecular complexity index is 868. The summed E-state index contributed by atoms with van der Waals surface area (Å²) in [5.74, 6) is 6.43. The summed E-state index contributed by atoms with van der Waals surface area (Å²) in [5, 5.41) is 9.80. The Kier molecular flexibility index (Phi) is 7.32. The van der Waals surface area contributed by atoms with E-state index in [0.717, 1.165) is 50.5 Å². The maximum Gasteiger partial charge on any atom is 0.303 e. The minimum Gasteiger partial charge on any atom is -0.458 e. The number of ether oxygens (including phenoxy) is 1. The smallest absolute Gasteiger partial charge is 0.303 e. The van der Waals surface area contributed by atoms with Crippen LogP contribution in [0.25, 0.3) is 0 Å². The number of hydrogen-bond acceptors (Lipinski definition) is 3. The average Bonchev–Trinajstić information content (AvgIpc) is 3.01. The molecule has 3 atom stereocenters. The number of fused-ring (bicyclic) bond motifs is 1. The molecule has 0 radical (unpaired) electrons. The minimum absolute atomic E-state index is 0.169. The standard InChI is InChI=1S/C28H38O3/c1-20-22(10-8-13-26(20)31-21(2)29)14-15-23-11-9-19-28(5)24(16-17-25(23)28)12-6-7-18-27(3,4)30/h14-16,25-26,30H,1,6,8-13,17,19H2,2-5H3/b22-14-,23-15+/t25?,26-,28?/m0/s1. The summed E-state index contributed by atoms with van der Waals surface area (Å²) < 4.78 is 5.46. The SMILES string of the molecule is C=C1/C(=C\C=C2/CCCC3(C)C(CCC#CC(C)(C)O)=CCC23)CCC[C@@H]1OC(C)=O. The third kappa shape index (κ3) is 5.80. The molecule has 0 heterocycles. The molecule has 2 unspecified atom stereocenters. The number of carbonyl (C=O) groups is 1. The maximum absolute atomic E-state index is 11.4. The van der Waals surface area contributed by atoms with Gasteiger partial charge in [0.1, 0.15) is 11.7 Å². The van der Waals surface area contributed by atoms with E-state index in [-0.39, 0.29) is 17.5 Å². The Hall–Kier alpha value is -2.05. The molecule has 3 rings (SSSR count). The highest BCUT2D eigenvalue weighted by Crippen LogP contribution is 2.55. The van der Waals surface area contributed by atoms with Gasteiger partial charge in [-0.25, -0.2) is 0 Å². The van der Waals surface area contributed by atoms with Gasteiger partial charge in [-0.3, -0.25) is 4.79 Å². The van der Waals surface area contributed by atoms with Crippen molar-refractivity contribution < 1.29 is 14.6 Å². The number of aliphatic hydroxyl groups is 1. The molecule has 0 aliphatic heterocycles. The van der Waals surface area contributed by atoms with E-state index < -0.39 is 5.60 Å². The fraction of sp³-hybridized carbons (Fsp3) is 0.607. The van der Waals surface area contributed by atoms with Crippen LogP contribution in [-0.4, -0.2) is 22.8 Å². The van der Waals surface area contributed by atoms with Gasteiger partial charge >= 0.3 is 5.97 Å². The van der Waals surface area contributed by atoms with Gasteiger partial charge in [0, 0.05) is 13.3 Å². The third-order valence-corrected chi connectivity index (χ3v) is 7.15. The second-order valence-corrected chi connectivity index (χ2v) is 10.1. The predicted molar refractivity (Wildman–Crippen MR) is 126 cm³/mol. The van der Waals surface area contributed by atoms with E-state index in [1.165, 1.54) is 36.5 Å². The first-order valence-corrected chi connectivity index (χ1v) is 11.8. The summed E-state index contributed by atoms with van der Waals surface area (Å²) in [6.07, 6.45) is 16.3. The molecule has 3 aliphatic carbocycles. The number of hydrogen-bond donors (Lipinski definition) is 1. The zero-order valence-corrected chi connectivity index (χ0v) is 19.7. The van der Waals surface area contributed by atoms with E-state index in [1.54, 1.807) is 13.8 Å². The zero-order chi connectivity index (χ0) is 22.6. The zero-order valence-electron chi connectivity index (χ0n) is 19.7. The average molecular weight is 423 g/mol. The van der Waals surface area contributed by atoms with Gasteiger partial charge < -0.3 is 9.84 Å². The van der Waals surface area contributed by atoms with Crippen LogP contribution in [0.5, 0.6) is 0 Å². The van der Waals surface area contributed by atoms with Crippen LogP contribution >= 0.6 is 0 Å². The van der Waals surface area contributed by atoms with Crippen molar-refractivity contribution in [1.29, 1.82) is 0 Å². The summed E-state index contributed by atoms with van der Waals surface area (Å²) in [6, 6.07) is 0. The first-order valence-electron chi connectivity index (χ1n) is 11.8. The monoisotopic (exact) mass is 422 g/mol. The molecule has 2 fully saturated rings. The van der Waals surface area contributed by atoms with Crippen LogP contribution in [0.1, 0.15) is 85.5 Å². The lowest BCUT2D eigenvalue weighted by molar-refractivity contribution is -0.145. The predicted octanol–water partition coefficient (Wildman–Crippen LogP) is 6.20. The molecule has 2 saturated carbocycles. The third-order valence-electron chi connectivity index (χ3n) is 7.15. The largest absolute Gasteiger partial charge is 0.458 e. The quantitative estimate of drug-likeness (QED) is 0.333. The van der Waals surface area contributed by atoms with Crippen LogP contribution in [0.4, 0.5) is 0 Å². The molecule has 0 amide bonds. The van der Waals surface area contributed by atoms with Crippen molar-refractivity contribution >= 4 is 5.97 Å². The molecule has 3 heteroatoms. The number of rotatable bonds is 4. The van der Waals surface area contributed by atoms with Crippen LogP contribution in [-0.2, 0) is 9.53 Å². The minimum atomic E-state index is -0.914. The lowest BCUT2D eigenvalue weighted by Crippen LogP contribution is -2.30. The highest BCUT2D eigenvalue weighted by Gasteiger charge is 2.44. The Labute approximate surface area is 188 Å². The summed E-state index contributed by atoms with van der Waals surface area (Å²) in [4.78, 5) is 11.4. The molecule has 0 aromatic carbocycles. The van der Waals surface area contributed by atoms with Crippen molar-refractivity contribution in [2.24, 2.45) is 11.3 Å². The van der Waals surface area contributed by atoms with Crippen molar-refractivity contribution in [2.75, 3.05) is 0 Å². The Balaban J connectivity index is 1.69. The van der Waals surface area contributed by atoms with Gasteiger partial charge in [-0.2, -0.15) is 0 Å². The molecule has 0 saturated heterocycles. The van der Waals surface area contributed by atoms with E-state index >= 15 is 0 Å². The van der Waals surface area contributed by atoms with E-state index in [1.807, 2.05) is 0 Å². The molecule has 3 nitrogen and oxygen atoms in total. The molecule has 1 N–H and O–H groups in total. The lowest BCUT2D eigenvalue weighted by atomic mass is 9.63. The normalized spacial score (nSPS) is 31.1. The van der Waals surface area contributed by atoms with Gasteiger partial charge in [0.25, 0.3) is 0 Å². The highest BCUT2D eigenvalue weighted by molar-refractivity contribution is 5.66. The summed E-state index contributed by atoms with van der Waals surface area (Å²) in [7, 11) is 0. The molecular weight excluding hydrogens is 384 g/mol. The molecule has 168 valence electrons. The van der Waals surface area contributed by atoms with E-state index in [2.05, 4.69) is 43.6 Å². The van der Waals surface area contributed by atoms with E-state index in [9.17, 15) is 9.90 Å². The first kappa shape index (κ1) is 23.6. The first-order chi connectivity index (χ1) is 14.6. The maximum atomic E-state index is 11.4. The van der Waals surface area contributed by atoms with Crippen LogP contribution < -0.4 is 0 Å². The molecule has 3 aliphatic rings. The lowest BCUT2D eigenvalue weighted by Gasteiger charge is -2.41. The van der Waals surface area contributed by atoms with Crippen molar-refractivity contribution in [3.8, 4) is 11.8 Å². The van der Waals surface area contributed by atoms with Gasteiger partial charge in [-0.1, -0.05) is 54.7 Å².